The van der Waals surface area contributed by atoms with Crippen LogP contribution >= 0.6 is 15.9 Å². The number of imide groups is 1. The van der Waals surface area contributed by atoms with E-state index in [1.54, 1.807) is 30.3 Å². The Kier molecular flexibility index (Phi) is 7.20. The van der Waals surface area contributed by atoms with E-state index in [4.69, 9.17) is 9.72 Å². The molecule has 3 aromatic carbocycles. The fraction of sp³-hybridized carbons (Fsp3) is 0.306. The number of carbonyl (C=O) groups is 4. The molecule has 2 heterocycles. The van der Waals surface area contributed by atoms with E-state index in [9.17, 15) is 19.2 Å². The SMILES string of the molecule is CCc1cc(Br)cc2c(C(=O)OCC(=O)c3ccc(C)cc3)cc(-c3ccc(N4C(=O)C5C6CCC(C6)C5C4=O)cc3)nc12. The van der Waals surface area contributed by atoms with E-state index in [0.29, 0.717) is 51.7 Å². The lowest BCUT2D eigenvalue weighted by Crippen LogP contribution is -2.32. The normalized spacial score (nSPS) is 22.1. The van der Waals surface area contributed by atoms with Gasteiger partial charge in [-0.1, -0.05) is 64.8 Å². The Balaban J connectivity index is 1.20. The van der Waals surface area contributed by atoms with Gasteiger partial charge in [-0.2, -0.15) is 0 Å². The molecule has 2 aliphatic carbocycles. The number of hydrogen-bond donors (Lipinski definition) is 0. The highest BCUT2D eigenvalue weighted by Crippen LogP contribution is 2.56. The van der Waals surface area contributed by atoms with E-state index >= 15 is 0 Å². The zero-order valence-corrected chi connectivity index (χ0v) is 26.1. The third-order valence-electron chi connectivity index (χ3n) is 9.61. The summed E-state index contributed by atoms with van der Waals surface area (Å²) in [5.41, 5.74) is 5.27. The number of benzene rings is 3. The number of carbonyl (C=O) groups excluding carboxylic acids is 4. The van der Waals surface area contributed by atoms with Gasteiger partial charge in [0.05, 0.1) is 34.3 Å². The van der Waals surface area contributed by atoms with E-state index < -0.39 is 5.97 Å². The van der Waals surface area contributed by atoms with Crippen molar-refractivity contribution in [1.82, 2.24) is 4.98 Å². The molecule has 222 valence electrons. The molecule has 2 amide bonds. The van der Waals surface area contributed by atoms with Gasteiger partial charge in [0, 0.05) is 21.0 Å². The Bertz CT molecular complexity index is 1820. The van der Waals surface area contributed by atoms with E-state index in [-0.39, 0.29) is 36.0 Å². The molecule has 2 bridgehead atoms. The molecule has 1 saturated heterocycles. The molecule has 0 N–H and O–H groups in total. The molecular weight excluding hydrogens is 620 g/mol. The lowest BCUT2D eigenvalue weighted by molar-refractivity contribution is -0.123. The molecule has 3 aliphatic rings. The minimum Gasteiger partial charge on any atom is -0.454 e. The van der Waals surface area contributed by atoms with Crippen molar-refractivity contribution in [2.45, 2.75) is 39.5 Å². The molecule has 1 aliphatic heterocycles. The quantitative estimate of drug-likeness (QED) is 0.120. The van der Waals surface area contributed by atoms with Crippen molar-refractivity contribution >= 4 is 56.1 Å². The summed E-state index contributed by atoms with van der Waals surface area (Å²) < 4.78 is 6.35. The monoisotopic (exact) mass is 650 g/mol. The molecule has 0 spiro atoms. The van der Waals surface area contributed by atoms with E-state index in [1.807, 2.05) is 50.2 Å². The first-order valence-electron chi connectivity index (χ1n) is 15.1. The molecule has 4 aromatic rings. The maximum absolute atomic E-state index is 13.5. The average molecular weight is 652 g/mol. The number of aryl methyl sites for hydroxylation is 2. The second-order valence-electron chi connectivity index (χ2n) is 12.2. The van der Waals surface area contributed by atoms with Gasteiger partial charge < -0.3 is 4.74 Å². The summed E-state index contributed by atoms with van der Waals surface area (Å²) >= 11 is 3.55. The number of anilines is 1. The van der Waals surface area contributed by atoms with Crippen LogP contribution in [0.4, 0.5) is 5.69 Å². The second-order valence-corrected chi connectivity index (χ2v) is 13.1. The van der Waals surface area contributed by atoms with Gasteiger partial charge in [-0.25, -0.2) is 9.78 Å². The number of halogens is 1. The van der Waals surface area contributed by atoms with E-state index in [0.717, 1.165) is 40.4 Å². The highest BCUT2D eigenvalue weighted by molar-refractivity contribution is 9.10. The number of ketones is 1. The van der Waals surface area contributed by atoms with Gasteiger partial charge in [-0.05, 0) is 80.3 Å². The number of amides is 2. The minimum absolute atomic E-state index is 0.0767. The number of hydrogen-bond acceptors (Lipinski definition) is 6. The van der Waals surface area contributed by atoms with Crippen molar-refractivity contribution in [1.29, 1.82) is 0 Å². The number of rotatable bonds is 7. The predicted molar refractivity (Wildman–Crippen MR) is 170 cm³/mol. The summed E-state index contributed by atoms with van der Waals surface area (Å²) in [5, 5.41) is 0.624. The van der Waals surface area contributed by atoms with Crippen LogP contribution in [0.5, 0.6) is 0 Å². The number of pyridine rings is 1. The first-order chi connectivity index (χ1) is 21.2. The summed E-state index contributed by atoms with van der Waals surface area (Å²) in [7, 11) is 0. The van der Waals surface area contributed by atoms with Crippen molar-refractivity contribution in [2.75, 3.05) is 11.5 Å². The number of ether oxygens (including phenoxy) is 1. The third kappa shape index (κ3) is 4.76. The molecule has 44 heavy (non-hydrogen) atoms. The van der Waals surface area contributed by atoms with Crippen LogP contribution in [-0.4, -0.2) is 35.2 Å². The Hall–Kier alpha value is -4.17. The summed E-state index contributed by atoms with van der Waals surface area (Å²) in [6.07, 6.45) is 3.75. The fourth-order valence-corrected chi connectivity index (χ4v) is 7.93. The smallest absolute Gasteiger partial charge is 0.339 e. The van der Waals surface area contributed by atoms with Crippen LogP contribution in [0.2, 0.25) is 0 Å². The molecule has 1 aromatic heterocycles. The van der Waals surface area contributed by atoms with Crippen molar-refractivity contribution in [3.05, 3.63) is 93.5 Å². The highest BCUT2D eigenvalue weighted by atomic mass is 79.9. The van der Waals surface area contributed by atoms with Crippen molar-refractivity contribution in [2.24, 2.45) is 23.7 Å². The number of nitrogens with zero attached hydrogens (tertiary/aromatic N) is 2. The zero-order chi connectivity index (χ0) is 30.7. The average Bonchev–Trinajstić information content (AvgIpc) is 3.72. The number of esters is 1. The molecule has 4 atom stereocenters. The number of aromatic nitrogens is 1. The largest absolute Gasteiger partial charge is 0.454 e. The van der Waals surface area contributed by atoms with Gasteiger partial charge in [-0.15, -0.1) is 0 Å². The Morgan fingerprint density at radius 2 is 1.59 bits per heavy atom. The lowest BCUT2D eigenvalue weighted by atomic mass is 9.81. The Morgan fingerprint density at radius 1 is 0.932 bits per heavy atom. The molecule has 8 heteroatoms. The van der Waals surface area contributed by atoms with Crippen LogP contribution < -0.4 is 4.90 Å². The lowest BCUT2D eigenvalue weighted by Gasteiger charge is -2.19. The van der Waals surface area contributed by atoms with Crippen molar-refractivity contribution < 1.29 is 23.9 Å². The second kappa shape index (κ2) is 11.1. The maximum Gasteiger partial charge on any atom is 0.339 e. The van der Waals surface area contributed by atoms with Gasteiger partial charge in [0.2, 0.25) is 11.8 Å². The van der Waals surface area contributed by atoms with Gasteiger partial charge in [0.15, 0.2) is 12.4 Å². The number of Topliss-reactive ketones (excluding diaryl/α,β-unsaturated/α-hetero) is 1. The highest BCUT2D eigenvalue weighted by Gasteiger charge is 2.61. The molecular formula is C36H31BrN2O5. The standard InChI is InChI=1S/C36H31BrN2O5/c1-3-20-15-25(37)16-27-28(36(43)44-18-30(40)22-6-4-19(2)5-7-22)17-29(38-33(20)27)21-10-12-26(13-11-21)39-34(41)31-23-8-9-24(14-23)32(31)35(39)42/h4-7,10-13,15-17,23-24,31-32H,3,8-9,14,18H2,1-2H3. The predicted octanol–water partition coefficient (Wildman–Crippen LogP) is 7.11. The van der Waals surface area contributed by atoms with Gasteiger partial charge in [0.1, 0.15) is 0 Å². The summed E-state index contributed by atoms with van der Waals surface area (Å²) in [5.74, 6) is -0.769. The van der Waals surface area contributed by atoms with Crippen LogP contribution in [0.25, 0.3) is 22.2 Å². The Morgan fingerprint density at radius 3 is 2.23 bits per heavy atom. The van der Waals surface area contributed by atoms with Crippen molar-refractivity contribution in [3.63, 3.8) is 0 Å². The molecule has 7 nitrogen and oxygen atoms in total. The van der Waals surface area contributed by atoms with Crippen LogP contribution in [0.15, 0.2) is 71.2 Å². The number of fused-ring (bicyclic) bond motifs is 6. The molecule has 4 unspecified atom stereocenters. The minimum atomic E-state index is -0.620. The van der Waals surface area contributed by atoms with Gasteiger partial charge in [0.25, 0.3) is 0 Å². The Labute approximate surface area is 263 Å². The summed E-state index contributed by atoms with van der Waals surface area (Å²) in [4.78, 5) is 59.2. The topological polar surface area (TPSA) is 93.6 Å². The molecule has 3 fully saturated rings. The van der Waals surface area contributed by atoms with E-state index in [1.165, 1.54) is 4.90 Å². The van der Waals surface area contributed by atoms with E-state index in [2.05, 4.69) is 15.9 Å². The van der Waals surface area contributed by atoms with Crippen LogP contribution in [0, 0.1) is 30.6 Å². The first kappa shape index (κ1) is 28.6. The van der Waals surface area contributed by atoms with Gasteiger partial charge >= 0.3 is 5.97 Å². The maximum atomic E-state index is 13.5. The summed E-state index contributed by atoms with van der Waals surface area (Å²) in [6.45, 7) is 3.58. The van der Waals surface area contributed by atoms with Crippen LogP contribution in [0.3, 0.4) is 0 Å². The van der Waals surface area contributed by atoms with Gasteiger partial charge in [-0.3, -0.25) is 19.3 Å². The van der Waals surface area contributed by atoms with Crippen LogP contribution in [0.1, 0.15) is 58.0 Å². The molecule has 7 rings (SSSR count). The third-order valence-corrected chi connectivity index (χ3v) is 10.1. The van der Waals surface area contributed by atoms with Crippen molar-refractivity contribution in [3.8, 4) is 11.3 Å². The van der Waals surface area contributed by atoms with Crippen LogP contribution in [-0.2, 0) is 20.7 Å². The summed E-state index contributed by atoms with van der Waals surface area (Å²) in [6, 6.07) is 19.8. The zero-order valence-electron chi connectivity index (χ0n) is 24.5. The molecule has 0 radical (unpaired) electrons. The first-order valence-corrected chi connectivity index (χ1v) is 15.9. The molecule has 2 saturated carbocycles. The fourth-order valence-electron chi connectivity index (χ4n) is 7.42.